The zero-order valence-corrected chi connectivity index (χ0v) is 13.9. The quantitative estimate of drug-likeness (QED) is 0.781. The van der Waals surface area contributed by atoms with Gasteiger partial charge in [-0.3, -0.25) is 4.79 Å². The van der Waals surface area contributed by atoms with E-state index in [1.165, 1.54) is 0 Å². The highest BCUT2D eigenvalue weighted by Gasteiger charge is 2.19. The lowest BCUT2D eigenvalue weighted by Crippen LogP contribution is -2.39. The molecule has 0 aromatic heterocycles. The van der Waals surface area contributed by atoms with Gasteiger partial charge in [-0.15, -0.1) is 0 Å². The summed E-state index contributed by atoms with van der Waals surface area (Å²) in [6, 6.07) is 5.71. The van der Waals surface area contributed by atoms with Gasteiger partial charge in [0.15, 0.2) is 0 Å². The van der Waals surface area contributed by atoms with Gasteiger partial charge in [-0.1, -0.05) is 31.9 Å². The lowest BCUT2D eigenvalue weighted by atomic mass is 10.1. The first-order chi connectivity index (χ1) is 8.45. The molecular weight excluding hydrogens is 362 g/mol. The molecule has 0 N–H and O–H groups in total. The second-order valence-electron chi connectivity index (χ2n) is 4.24. The number of ether oxygens (including phenoxy) is 1. The molecule has 1 aromatic rings. The van der Waals surface area contributed by atoms with Gasteiger partial charge in [-0.05, 0) is 32.0 Å². The molecule has 0 aliphatic rings. The number of rotatable bonds is 5. The number of methoxy groups -OCH3 is 1. The largest absolute Gasteiger partial charge is 0.383 e. The Morgan fingerprint density at radius 3 is 2.28 bits per heavy atom. The SMILES string of the molecule is COCCN(C(=O)c1cc(Br)cc(Br)c1)C(C)C. The Morgan fingerprint density at radius 1 is 1.28 bits per heavy atom. The minimum Gasteiger partial charge on any atom is -0.383 e. The number of amides is 1. The first kappa shape index (κ1) is 15.7. The molecule has 1 aromatic carbocycles. The van der Waals surface area contributed by atoms with E-state index in [1.54, 1.807) is 12.0 Å². The Balaban J connectivity index is 2.94. The summed E-state index contributed by atoms with van der Waals surface area (Å²) in [6.45, 7) is 5.14. The van der Waals surface area contributed by atoms with Crippen LogP contribution in [0.1, 0.15) is 24.2 Å². The molecule has 0 radical (unpaired) electrons. The highest BCUT2D eigenvalue weighted by atomic mass is 79.9. The summed E-state index contributed by atoms with van der Waals surface area (Å²) in [5.41, 5.74) is 0.668. The molecule has 0 unspecified atom stereocenters. The topological polar surface area (TPSA) is 29.5 Å². The molecule has 1 amide bonds. The number of carbonyl (C=O) groups is 1. The summed E-state index contributed by atoms with van der Waals surface area (Å²) in [5.74, 6) is 0.0176. The average molecular weight is 379 g/mol. The summed E-state index contributed by atoms with van der Waals surface area (Å²) < 4.78 is 6.81. The van der Waals surface area contributed by atoms with Gasteiger partial charge >= 0.3 is 0 Å². The minimum absolute atomic E-state index is 0.0176. The fourth-order valence-corrected chi connectivity index (χ4v) is 2.92. The zero-order chi connectivity index (χ0) is 13.7. The van der Waals surface area contributed by atoms with E-state index in [-0.39, 0.29) is 11.9 Å². The third kappa shape index (κ3) is 4.37. The molecule has 0 spiro atoms. The van der Waals surface area contributed by atoms with Crippen LogP contribution in [-0.4, -0.2) is 37.1 Å². The molecule has 100 valence electrons. The molecule has 1 rings (SSSR count). The molecule has 0 saturated carbocycles. The van der Waals surface area contributed by atoms with Crippen molar-refractivity contribution >= 4 is 37.8 Å². The van der Waals surface area contributed by atoms with Gasteiger partial charge in [0, 0.05) is 34.2 Å². The highest BCUT2D eigenvalue weighted by Crippen LogP contribution is 2.21. The van der Waals surface area contributed by atoms with Crippen LogP contribution in [0.3, 0.4) is 0 Å². The molecule has 0 fully saturated rings. The monoisotopic (exact) mass is 377 g/mol. The van der Waals surface area contributed by atoms with E-state index in [0.29, 0.717) is 18.7 Å². The van der Waals surface area contributed by atoms with Crippen LogP contribution in [0.4, 0.5) is 0 Å². The van der Waals surface area contributed by atoms with Crippen molar-refractivity contribution in [1.82, 2.24) is 4.90 Å². The summed E-state index contributed by atoms with van der Waals surface area (Å²) in [7, 11) is 1.64. The predicted octanol–water partition coefficient (Wildman–Crippen LogP) is 3.71. The zero-order valence-electron chi connectivity index (χ0n) is 10.7. The Kier molecular flexibility index (Phi) is 6.32. The summed E-state index contributed by atoms with van der Waals surface area (Å²) in [4.78, 5) is 14.2. The smallest absolute Gasteiger partial charge is 0.254 e. The lowest BCUT2D eigenvalue weighted by Gasteiger charge is -2.26. The third-order valence-corrected chi connectivity index (χ3v) is 3.45. The number of hydrogen-bond donors (Lipinski definition) is 0. The highest BCUT2D eigenvalue weighted by molar-refractivity contribution is 9.11. The number of hydrogen-bond acceptors (Lipinski definition) is 2. The normalized spacial score (nSPS) is 10.8. The maximum atomic E-state index is 12.4. The molecule has 0 aliphatic heterocycles. The van der Waals surface area contributed by atoms with Crippen molar-refractivity contribution in [3.8, 4) is 0 Å². The molecule has 0 aliphatic carbocycles. The van der Waals surface area contributed by atoms with Gasteiger partial charge in [-0.2, -0.15) is 0 Å². The van der Waals surface area contributed by atoms with E-state index in [9.17, 15) is 4.79 Å². The van der Waals surface area contributed by atoms with Crippen LogP contribution in [0.15, 0.2) is 27.1 Å². The van der Waals surface area contributed by atoms with Crippen molar-refractivity contribution in [2.24, 2.45) is 0 Å². The Bertz CT molecular complexity index is 401. The Hall–Kier alpha value is -0.390. The molecule has 18 heavy (non-hydrogen) atoms. The van der Waals surface area contributed by atoms with Gasteiger partial charge < -0.3 is 9.64 Å². The molecular formula is C13H17Br2NO2. The predicted molar refractivity (Wildman–Crippen MR) is 79.9 cm³/mol. The molecule has 0 heterocycles. The van der Waals surface area contributed by atoms with Gasteiger partial charge in [-0.25, -0.2) is 0 Å². The Labute approximate surface area is 125 Å². The second kappa shape index (κ2) is 7.26. The van der Waals surface area contributed by atoms with Crippen LogP contribution in [0, 0.1) is 0 Å². The number of carbonyl (C=O) groups excluding carboxylic acids is 1. The summed E-state index contributed by atoms with van der Waals surface area (Å²) >= 11 is 6.79. The van der Waals surface area contributed by atoms with Crippen LogP contribution in [0.5, 0.6) is 0 Å². The number of benzene rings is 1. The number of nitrogens with zero attached hydrogens (tertiary/aromatic N) is 1. The minimum atomic E-state index is 0.0176. The maximum absolute atomic E-state index is 12.4. The van der Waals surface area contributed by atoms with Crippen LogP contribution < -0.4 is 0 Å². The first-order valence-corrected chi connectivity index (χ1v) is 7.30. The van der Waals surface area contributed by atoms with Crippen molar-refractivity contribution in [2.45, 2.75) is 19.9 Å². The standard InChI is InChI=1S/C13H17Br2NO2/c1-9(2)16(4-5-18-3)13(17)10-6-11(14)8-12(15)7-10/h6-9H,4-5H2,1-3H3. The third-order valence-electron chi connectivity index (χ3n) is 2.53. The lowest BCUT2D eigenvalue weighted by molar-refractivity contribution is 0.0635. The van der Waals surface area contributed by atoms with Gasteiger partial charge in [0.25, 0.3) is 5.91 Å². The van der Waals surface area contributed by atoms with E-state index in [4.69, 9.17) is 4.74 Å². The first-order valence-electron chi connectivity index (χ1n) is 5.71. The average Bonchev–Trinajstić information content (AvgIpc) is 2.27. The van der Waals surface area contributed by atoms with Crippen molar-refractivity contribution < 1.29 is 9.53 Å². The van der Waals surface area contributed by atoms with E-state index < -0.39 is 0 Å². The van der Waals surface area contributed by atoms with E-state index in [2.05, 4.69) is 31.9 Å². The van der Waals surface area contributed by atoms with E-state index >= 15 is 0 Å². The summed E-state index contributed by atoms with van der Waals surface area (Å²) in [5, 5.41) is 0. The van der Waals surface area contributed by atoms with E-state index in [1.807, 2.05) is 32.0 Å². The fraction of sp³-hybridized carbons (Fsp3) is 0.462. The molecule has 0 saturated heterocycles. The molecule has 0 atom stereocenters. The molecule has 5 heteroatoms. The maximum Gasteiger partial charge on any atom is 0.254 e. The fourth-order valence-electron chi connectivity index (χ4n) is 1.63. The molecule has 3 nitrogen and oxygen atoms in total. The van der Waals surface area contributed by atoms with Crippen molar-refractivity contribution in [3.63, 3.8) is 0 Å². The van der Waals surface area contributed by atoms with Crippen LogP contribution >= 0.6 is 31.9 Å². The van der Waals surface area contributed by atoms with Gasteiger partial charge in [0.1, 0.15) is 0 Å². The van der Waals surface area contributed by atoms with Gasteiger partial charge in [0.05, 0.1) is 6.61 Å². The van der Waals surface area contributed by atoms with Crippen molar-refractivity contribution in [3.05, 3.63) is 32.7 Å². The molecule has 0 bridgehead atoms. The van der Waals surface area contributed by atoms with Crippen molar-refractivity contribution in [1.29, 1.82) is 0 Å². The number of halogens is 2. The van der Waals surface area contributed by atoms with Crippen molar-refractivity contribution in [2.75, 3.05) is 20.3 Å². The van der Waals surface area contributed by atoms with Crippen LogP contribution in [-0.2, 0) is 4.74 Å². The Morgan fingerprint density at radius 2 is 1.83 bits per heavy atom. The summed E-state index contributed by atoms with van der Waals surface area (Å²) in [6.07, 6.45) is 0. The van der Waals surface area contributed by atoms with Crippen LogP contribution in [0.25, 0.3) is 0 Å². The van der Waals surface area contributed by atoms with E-state index in [0.717, 1.165) is 8.95 Å². The van der Waals surface area contributed by atoms with Gasteiger partial charge in [0.2, 0.25) is 0 Å². The van der Waals surface area contributed by atoms with Crippen LogP contribution in [0.2, 0.25) is 0 Å². The second-order valence-corrected chi connectivity index (χ2v) is 6.07.